The zero-order chi connectivity index (χ0) is 14.1. The fourth-order valence-corrected chi connectivity index (χ4v) is 2.38. The first-order valence-corrected chi connectivity index (χ1v) is 6.64. The van der Waals surface area contributed by atoms with Crippen LogP contribution in [0.2, 0.25) is 0 Å². The first-order valence-electron chi connectivity index (χ1n) is 6.64. The van der Waals surface area contributed by atoms with Gasteiger partial charge in [-0.25, -0.2) is 0 Å². The molecule has 3 rings (SSSR count). The van der Waals surface area contributed by atoms with Crippen molar-refractivity contribution < 1.29 is 0 Å². The summed E-state index contributed by atoms with van der Waals surface area (Å²) in [6.45, 7) is 1.71. The van der Waals surface area contributed by atoms with Crippen LogP contribution < -0.4 is 15.5 Å². The third-order valence-electron chi connectivity index (χ3n) is 3.44. The highest BCUT2D eigenvalue weighted by Crippen LogP contribution is 2.23. The van der Waals surface area contributed by atoms with Crippen LogP contribution >= 0.6 is 0 Å². The summed E-state index contributed by atoms with van der Waals surface area (Å²) in [5, 5.41) is 0. The highest BCUT2D eigenvalue weighted by Gasteiger charge is 2.19. The number of nitrogen functional groups attached to an aromatic ring is 1. The molecule has 0 saturated carbocycles. The molecule has 0 saturated heterocycles. The van der Waals surface area contributed by atoms with Crippen molar-refractivity contribution in [2.45, 2.75) is 13.0 Å². The largest absolute Gasteiger partial charge is 0.368 e. The summed E-state index contributed by atoms with van der Waals surface area (Å²) in [6, 6.07) is 8.48. The van der Waals surface area contributed by atoms with Gasteiger partial charge in [-0.15, -0.1) is 0 Å². The fourth-order valence-electron chi connectivity index (χ4n) is 2.38. The second-order valence-corrected chi connectivity index (χ2v) is 5.13. The molecule has 0 atom stereocenters. The number of aromatic nitrogens is 3. The van der Waals surface area contributed by atoms with E-state index in [4.69, 9.17) is 5.73 Å². The highest BCUT2D eigenvalue weighted by atomic mass is 15.3. The molecule has 2 aromatic rings. The second kappa shape index (κ2) is 4.96. The van der Waals surface area contributed by atoms with E-state index in [0.717, 1.165) is 19.5 Å². The summed E-state index contributed by atoms with van der Waals surface area (Å²) in [6.07, 6.45) is 0.999. The van der Waals surface area contributed by atoms with E-state index in [0.29, 0.717) is 11.9 Å². The Labute approximate surface area is 118 Å². The van der Waals surface area contributed by atoms with E-state index in [1.165, 1.54) is 11.1 Å². The van der Waals surface area contributed by atoms with Crippen LogP contribution in [0, 0.1) is 0 Å². The van der Waals surface area contributed by atoms with Crippen LogP contribution in [-0.4, -0.2) is 35.6 Å². The van der Waals surface area contributed by atoms with Crippen molar-refractivity contribution in [3.63, 3.8) is 0 Å². The monoisotopic (exact) mass is 270 g/mol. The Kier molecular flexibility index (Phi) is 3.14. The van der Waals surface area contributed by atoms with Gasteiger partial charge in [0, 0.05) is 27.2 Å². The number of fused-ring (bicyclic) bond motifs is 1. The molecule has 1 aliphatic heterocycles. The lowest BCUT2D eigenvalue weighted by molar-refractivity contribution is 0.704. The zero-order valence-corrected chi connectivity index (χ0v) is 11.7. The summed E-state index contributed by atoms with van der Waals surface area (Å²) in [7, 11) is 3.79. The number of hydrogen-bond acceptors (Lipinski definition) is 6. The Balaban J connectivity index is 1.91. The van der Waals surface area contributed by atoms with E-state index in [2.05, 4.69) is 44.1 Å². The molecule has 6 heteroatoms. The Morgan fingerprint density at radius 2 is 1.85 bits per heavy atom. The van der Waals surface area contributed by atoms with Gasteiger partial charge in [0.1, 0.15) is 0 Å². The lowest BCUT2D eigenvalue weighted by Gasteiger charge is -2.29. The maximum Gasteiger partial charge on any atom is 0.232 e. The van der Waals surface area contributed by atoms with Crippen LogP contribution in [0.15, 0.2) is 24.3 Å². The molecule has 0 amide bonds. The topological polar surface area (TPSA) is 71.2 Å². The van der Waals surface area contributed by atoms with Gasteiger partial charge in [-0.05, 0) is 17.5 Å². The summed E-state index contributed by atoms with van der Waals surface area (Å²) < 4.78 is 0. The van der Waals surface area contributed by atoms with Crippen LogP contribution in [0.1, 0.15) is 11.1 Å². The number of rotatable bonds is 2. The van der Waals surface area contributed by atoms with Crippen molar-refractivity contribution in [1.29, 1.82) is 0 Å². The minimum atomic E-state index is 0.262. The number of benzene rings is 1. The lowest BCUT2D eigenvalue weighted by atomic mass is 10.0. The molecule has 0 radical (unpaired) electrons. The van der Waals surface area contributed by atoms with E-state index >= 15 is 0 Å². The molecule has 6 nitrogen and oxygen atoms in total. The van der Waals surface area contributed by atoms with Crippen LogP contribution in [-0.2, 0) is 13.0 Å². The van der Waals surface area contributed by atoms with Gasteiger partial charge >= 0.3 is 0 Å². The molecule has 20 heavy (non-hydrogen) atoms. The summed E-state index contributed by atoms with van der Waals surface area (Å²) in [4.78, 5) is 16.9. The Morgan fingerprint density at radius 1 is 1.10 bits per heavy atom. The van der Waals surface area contributed by atoms with E-state index < -0.39 is 0 Å². The molecule has 0 spiro atoms. The van der Waals surface area contributed by atoms with Crippen molar-refractivity contribution in [2.75, 3.05) is 36.2 Å². The predicted molar refractivity (Wildman–Crippen MR) is 79.8 cm³/mol. The first kappa shape index (κ1) is 12.7. The minimum absolute atomic E-state index is 0.262. The van der Waals surface area contributed by atoms with E-state index in [-0.39, 0.29) is 5.95 Å². The third-order valence-corrected chi connectivity index (χ3v) is 3.44. The Bertz CT molecular complexity index is 625. The van der Waals surface area contributed by atoms with Crippen LogP contribution in [0.5, 0.6) is 0 Å². The summed E-state index contributed by atoms with van der Waals surface area (Å²) in [5.41, 5.74) is 8.51. The molecule has 1 aliphatic rings. The van der Waals surface area contributed by atoms with E-state index in [1.54, 1.807) is 0 Å². The summed E-state index contributed by atoms with van der Waals surface area (Å²) >= 11 is 0. The third kappa shape index (κ3) is 2.36. The molecule has 0 bridgehead atoms. The number of hydrogen-bond donors (Lipinski definition) is 1. The van der Waals surface area contributed by atoms with E-state index in [1.807, 2.05) is 19.0 Å². The van der Waals surface area contributed by atoms with Gasteiger partial charge in [0.2, 0.25) is 17.8 Å². The average Bonchev–Trinajstić information content (AvgIpc) is 2.46. The number of nitrogens with two attached hydrogens (primary N) is 1. The van der Waals surface area contributed by atoms with Crippen molar-refractivity contribution in [1.82, 2.24) is 15.0 Å². The molecule has 1 aromatic carbocycles. The zero-order valence-electron chi connectivity index (χ0n) is 11.7. The van der Waals surface area contributed by atoms with Gasteiger partial charge < -0.3 is 15.5 Å². The van der Waals surface area contributed by atoms with Gasteiger partial charge in [-0.2, -0.15) is 15.0 Å². The number of anilines is 3. The molecule has 0 unspecified atom stereocenters. The molecule has 1 aromatic heterocycles. The van der Waals surface area contributed by atoms with Crippen molar-refractivity contribution in [3.8, 4) is 0 Å². The quantitative estimate of drug-likeness (QED) is 0.880. The van der Waals surface area contributed by atoms with E-state index in [9.17, 15) is 0 Å². The molecule has 2 heterocycles. The Morgan fingerprint density at radius 3 is 2.60 bits per heavy atom. The van der Waals surface area contributed by atoms with Crippen LogP contribution in [0.25, 0.3) is 0 Å². The van der Waals surface area contributed by atoms with Gasteiger partial charge in [0.25, 0.3) is 0 Å². The van der Waals surface area contributed by atoms with Gasteiger partial charge in [0.15, 0.2) is 0 Å². The SMILES string of the molecule is CN(C)c1nc(N)nc(N2CCc3ccccc3C2)n1. The molecular formula is C14H18N6. The molecule has 0 fully saturated rings. The number of nitrogens with zero attached hydrogens (tertiary/aromatic N) is 5. The maximum absolute atomic E-state index is 5.78. The molecule has 2 N–H and O–H groups in total. The molecule has 104 valence electrons. The van der Waals surface area contributed by atoms with Gasteiger partial charge in [-0.1, -0.05) is 24.3 Å². The summed E-state index contributed by atoms with van der Waals surface area (Å²) in [5.74, 6) is 1.50. The minimum Gasteiger partial charge on any atom is -0.368 e. The molecule has 0 aliphatic carbocycles. The first-order chi connectivity index (χ1) is 9.63. The van der Waals surface area contributed by atoms with Crippen molar-refractivity contribution in [3.05, 3.63) is 35.4 Å². The van der Waals surface area contributed by atoms with Crippen molar-refractivity contribution in [2.24, 2.45) is 0 Å². The van der Waals surface area contributed by atoms with Gasteiger partial charge in [-0.3, -0.25) is 0 Å². The highest BCUT2D eigenvalue weighted by molar-refractivity contribution is 5.45. The second-order valence-electron chi connectivity index (χ2n) is 5.13. The smallest absolute Gasteiger partial charge is 0.232 e. The standard InChI is InChI=1S/C14H18N6/c1-19(2)13-16-12(15)17-14(18-13)20-8-7-10-5-3-4-6-11(10)9-20/h3-6H,7-9H2,1-2H3,(H2,15,16,17,18). The fraction of sp³-hybridized carbons (Fsp3) is 0.357. The van der Waals surface area contributed by atoms with Gasteiger partial charge in [0.05, 0.1) is 0 Å². The molecular weight excluding hydrogens is 252 g/mol. The van der Waals surface area contributed by atoms with Crippen LogP contribution in [0.4, 0.5) is 17.8 Å². The average molecular weight is 270 g/mol. The van der Waals surface area contributed by atoms with Crippen LogP contribution in [0.3, 0.4) is 0 Å². The predicted octanol–water partition coefficient (Wildman–Crippen LogP) is 1.08. The normalized spacial score (nSPS) is 14.0. The van der Waals surface area contributed by atoms with Crippen molar-refractivity contribution >= 4 is 17.8 Å². The maximum atomic E-state index is 5.78. The lowest BCUT2D eigenvalue weighted by Crippen LogP contribution is -2.32. The Hall–Kier alpha value is -2.37.